The number of nitrogens with zero attached hydrogens (tertiary/aromatic N) is 2. The first kappa shape index (κ1) is 23.3. The molecular weight excluding hydrogens is 504 g/mol. The molecular formula is C37H24N2O2. The Morgan fingerprint density at radius 1 is 0.463 bits per heavy atom. The van der Waals surface area contributed by atoms with Crippen LogP contribution in [0.4, 0.5) is 17.1 Å². The summed E-state index contributed by atoms with van der Waals surface area (Å²) >= 11 is 0. The van der Waals surface area contributed by atoms with Gasteiger partial charge in [-0.15, -0.1) is 0 Å². The Kier molecular flexibility index (Phi) is 5.42. The SMILES string of the molecule is c1ccc(N(c2ccccc2)c2ccc(-c3cccc4nc(-c5cccc6oc7ccccc7c56)oc34)cc2)cc1. The van der Waals surface area contributed by atoms with Gasteiger partial charge in [0.25, 0.3) is 0 Å². The highest BCUT2D eigenvalue weighted by molar-refractivity contribution is 6.12. The van der Waals surface area contributed by atoms with Gasteiger partial charge in [0.2, 0.25) is 5.89 Å². The van der Waals surface area contributed by atoms with E-state index in [0.717, 1.165) is 66.8 Å². The Balaban J connectivity index is 1.22. The Morgan fingerprint density at radius 2 is 1.07 bits per heavy atom. The molecule has 0 N–H and O–H groups in total. The van der Waals surface area contributed by atoms with Crippen LogP contribution in [0.25, 0.3) is 55.6 Å². The number of furan rings is 1. The van der Waals surface area contributed by atoms with Crippen molar-refractivity contribution in [1.82, 2.24) is 4.98 Å². The van der Waals surface area contributed by atoms with E-state index in [-0.39, 0.29) is 0 Å². The lowest BCUT2D eigenvalue weighted by Gasteiger charge is -2.25. The molecule has 0 aliphatic heterocycles. The minimum atomic E-state index is 0.584. The van der Waals surface area contributed by atoms with Gasteiger partial charge in [-0.2, -0.15) is 0 Å². The molecule has 0 unspecified atom stereocenters. The van der Waals surface area contributed by atoms with Crippen LogP contribution in [0.1, 0.15) is 0 Å². The average molecular weight is 529 g/mol. The summed E-state index contributed by atoms with van der Waals surface area (Å²) in [4.78, 5) is 7.17. The first-order valence-corrected chi connectivity index (χ1v) is 13.6. The zero-order valence-electron chi connectivity index (χ0n) is 22.1. The Hall–Kier alpha value is -5.61. The number of para-hydroxylation sites is 4. The summed E-state index contributed by atoms with van der Waals surface area (Å²) in [6, 6.07) is 49.7. The molecule has 0 radical (unpaired) electrons. The second-order valence-electron chi connectivity index (χ2n) is 10.0. The van der Waals surface area contributed by atoms with E-state index in [0.29, 0.717) is 5.89 Å². The van der Waals surface area contributed by atoms with Crippen LogP contribution in [0, 0.1) is 0 Å². The summed E-state index contributed by atoms with van der Waals surface area (Å²) in [5, 5.41) is 2.07. The number of hydrogen-bond donors (Lipinski definition) is 0. The molecule has 41 heavy (non-hydrogen) atoms. The lowest BCUT2D eigenvalue weighted by Crippen LogP contribution is -2.09. The van der Waals surface area contributed by atoms with Gasteiger partial charge >= 0.3 is 0 Å². The third-order valence-corrected chi connectivity index (χ3v) is 7.51. The van der Waals surface area contributed by atoms with E-state index < -0.39 is 0 Å². The third-order valence-electron chi connectivity index (χ3n) is 7.51. The van der Waals surface area contributed by atoms with Crippen LogP contribution in [0.15, 0.2) is 154 Å². The van der Waals surface area contributed by atoms with Gasteiger partial charge in [0.15, 0.2) is 5.58 Å². The molecule has 0 fully saturated rings. The highest BCUT2D eigenvalue weighted by Crippen LogP contribution is 2.40. The van der Waals surface area contributed by atoms with Crippen molar-refractivity contribution >= 4 is 50.1 Å². The molecule has 6 aromatic carbocycles. The highest BCUT2D eigenvalue weighted by Gasteiger charge is 2.18. The fourth-order valence-electron chi connectivity index (χ4n) is 5.64. The quantitative estimate of drug-likeness (QED) is 0.223. The van der Waals surface area contributed by atoms with Gasteiger partial charge in [-0.25, -0.2) is 4.98 Å². The molecule has 0 aliphatic carbocycles. The van der Waals surface area contributed by atoms with Crippen LogP contribution in [-0.4, -0.2) is 4.98 Å². The Bertz CT molecular complexity index is 2100. The van der Waals surface area contributed by atoms with Crippen LogP contribution in [0.5, 0.6) is 0 Å². The van der Waals surface area contributed by atoms with Crippen LogP contribution in [-0.2, 0) is 0 Å². The van der Waals surface area contributed by atoms with E-state index in [9.17, 15) is 0 Å². The second-order valence-corrected chi connectivity index (χ2v) is 10.0. The van der Waals surface area contributed by atoms with Crippen molar-refractivity contribution in [1.29, 1.82) is 0 Å². The number of hydrogen-bond acceptors (Lipinski definition) is 4. The maximum atomic E-state index is 6.52. The van der Waals surface area contributed by atoms with Crippen LogP contribution in [0.2, 0.25) is 0 Å². The summed E-state index contributed by atoms with van der Waals surface area (Å²) in [6.45, 7) is 0. The van der Waals surface area contributed by atoms with Crippen LogP contribution >= 0.6 is 0 Å². The molecule has 0 amide bonds. The largest absolute Gasteiger partial charge is 0.456 e. The molecule has 4 heteroatoms. The monoisotopic (exact) mass is 528 g/mol. The molecule has 0 bridgehead atoms. The van der Waals surface area contributed by atoms with Crippen molar-refractivity contribution in [2.24, 2.45) is 0 Å². The summed E-state index contributed by atoms with van der Waals surface area (Å²) in [5.74, 6) is 0.584. The maximum Gasteiger partial charge on any atom is 0.228 e. The van der Waals surface area contributed by atoms with E-state index in [2.05, 4.69) is 89.8 Å². The molecule has 8 aromatic rings. The number of oxazole rings is 1. The highest BCUT2D eigenvalue weighted by atomic mass is 16.3. The van der Waals surface area contributed by atoms with Crippen LogP contribution < -0.4 is 4.90 Å². The van der Waals surface area contributed by atoms with Crippen molar-refractivity contribution < 1.29 is 8.83 Å². The topological polar surface area (TPSA) is 42.4 Å². The molecule has 0 spiro atoms. The number of rotatable bonds is 5. The standard InChI is InChI=1S/C37H24N2O2/c1-3-11-26(12-4-1)39(27-13-5-2-6-14-27)28-23-21-25(22-24-28)29-16-9-18-32-36(29)41-37(38-32)31-17-10-20-34-35(31)30-15-7-8-19-33(30)40-34/h1-24H. The molecule has 0 aliphatic rings. The van der Waals surface area contributed by atoms with E-state index in [1.165, 1.54) is 0 Å². The van der Waals surface area contributed by atoms with Crippen molar-refractivity contribution in [3.63, 3.8) is 0 Å². The number of fused-ring (bicyclic) bond motifs is 4. The summed E-state index contributed by atoms with van der Waals surface area (Å²) in [5.41, 5.74) is 9.54. The van der Waals surface area contributed by atoms with Gasteiger partial charge in [-0.3, -0.25) is 0 Å². The lowest BCUT2D eigenvalue weighted by molar-refractivity contribution is 0.621. The van der Waals surface area contributed by atoms with Gasteiger partial charge in [-0.05, 0) is 66.2 Å². The normalized spacial score (nSPS) is 11.4. The summed E-state index contributed by atoms with van der Waals surface area (Å²) < 4.78 is 12.6. The van der Waals surface area contributed by atoms with Gasteiger partial charge < -0.3 is 13.7 Å². The van der Waals surface area contributed by atoms with Gasteiger partial charge in [0.1, 0.15) is 16.7 Å². The van der Waals surface area contributed by atoms with Crippen molar-refractivity contribution in [3.05, 3.63) is 146 Å². The molecule has 8 rings (SSSR count). The third kappa shape index (κ3) is 3.97. The fraction of sp³-hybridized carbons (Fsp3) is 0. The predicted molar refractivity (Wildman–Crippen MR) is 167 cm³/mol. The van der Waals surface area contributed by atoms with Gasteiger partial charge in [-0.1, -0.05) is 84.9 Å². The minimum absolute atomic E-state index is 0.584. The minimum Gasteiger partial charge on any atom is -0.456 e. The van der Waals surface area contributed by atoms with Crippen molar-refractivity contribution in [2.45, 2.75) is 0 Å². The Labute approximate surface area is 236 Å². The molecule has 2 aromatic heterocycles. The second kappa shape index (κ2) is 9.54. The number of aromatic nitrogens is 1. The van der Waals surface area contributed by atoms with Crippen molar-refractivity contribution in [2.75, 3.05) is 4.90 Å². The average Bonchev–Trinajstić information content (AvgIpc) is 3.65. The smallest absolute Gasteiger partial charge is 0.228 e. The van der Waals surface area contributed by atoms with E-state index in [1.807, 2.05) is 60.7 Å². The van der Waals surface area contributed by atoms with E-state index >= 15 is 0 Å². The van der Waals surface area contributed by atoms with Gasteiger partial charge in [0.05, 0.1) is 0 Å². The molecule has 0 saturated heterocycles. The maximum absolute atomic E-state index is 6.52. The molecule has 4 nitrogen and oxygen atoms in total. The zero-order valence-corrected chi connectivity index (χ0v) is 22.1. The zero-order chi connectivity index (χ0) is 27.2. The first-order valence-electron chi connectivity index (χ1n) is 13.6. The number of benzene rings is 6. The fourth-order valence-corrected chi connectivity index (χ4v) is 5.64. The molecule has 194 valence electrons. The summed E-state index contributed by atoms with van der Waals surface area (Å²) in [7, 11) is 0. The van der Waals surface area contributed by atoms with E-state index in [1.54, 1.807) is 0 Å². The summed E-state index contributed by atoms with van der Waals surface area (Å²) in [6.07, 6.45) is 0. The predicted octanol–water partition coefficient (Wildman–Crippen LogP) is 10.5. The van der Waals surface area contributed by atoms with Crippen molar-refractivity contribution in [3.8, 4) is 22.6 Å². The number of anilines is 3. The molecule has 2 heterocycles. The molecule has 0 saturated carbocycles. The molecule has 0 atom stereocenters. The van der Waals surface area contributed by atoms with Gasteiger partial charge in [0, 0.05) is 39.0 Å². The van der Waals surface area contributed by atoms with Crippen LogP contribution in [0.3, 0.4) is 0 Å². The lowest BCUT2D eigenvalue weighted by atomic mass is 10.0. The Morgan fingerprint density at radius 3 is 1.83 bits per heavy atom. The first-order chi connectivity index (χ1) is 20.3. The van der Waals surface area contributed by atoms with E-state index in [4.69, 9.17) is 13.8 Å².